The molecule has 1 unspecified atom stereocenters. The van der Waals surface area contributed by atoms with Crippen LogP contribution in [0.2, 0.25) is 0 Å². The third kappa shape index (κ3) is 5.08. The van der Waals surface area contributed by atoms with E-state index >= 15 is 0 Å². The molecule has 1 aliphatic carbocycles. The van der Waals surface area contributed by atoms with Crippen LogP contribution in [0.4, 0.5) is 26.7 Å². The van der Waals surface area contributed by atoms with Crippen molar-refractivity contribution >= 4 is 5.70 Å². The van der Waals surface area contributed by atoms with E-state index in [1.165, 1.54) is 17.7 Å². The zero-order valence-corrected chi connectivity index (χ0v) is 14.1. The van der Waals surface area contributed by atoms with Crippen LogP contribution in [0.5, 0.6) is 0 Å². The topological polar surface area (TPSA) is 30.7 Å². The number of aromatic nitrogens is 3. The van der Waals surface area contributed by atoms with Crippen LogP contribution in [0.25, 0.3) is 17.1 Å². The van der Waals surface area contributed by atoms with Crippen molar-refractivity contribution in [3.63, 3.8) is 0 Å². The van der Waals surface area contributed by atoms with E-state index in [1.807, 2.05) is 6.07 Å². The summed E-state index contributed by atoms with van der Waals surface area (Å²) in [4.78, 5) is 4.19. The van der Waals surface area contributed by atoms with Gasteiger partial charge in [0, 0.05) is 33.7 Å². The minimum Gasteiger partial charge on any atom is -0.255 e. The number of halogens is 6. The lowest BCUT2D eigenvalue weighted by atomic mass is 10.1. The molecular weight excluding hydrogens is 372 g/mol. The molecule has 3 nitrogen and oxygen atoms in total. The Morgan fingerprint density at radius 2 is 1.81 bits per heavy atom. The van der Waals surface area contributed by atoms with Gasteiger partial charge in [-0.3, -0.25) is 4.98 Å². The van der Waals surface area contributed by atoms with Gasteiger partial charge in [0.25, 0.3) is 0 Å². The first-order chi connectivity index (χ1) is 12.8. The molecule has 0 N–H and O–H groups in total. The Balaban J connectivity index is 0.00000126. The summed E-state index contributed by atoms with van der Waals surface area (Å²) in [5.41, 5.74) is 0.805. The van der Waals surface area contributed by atoms with Gasteiger partial charge in [0.05, 0.1) is 11.3 Å². The molecular formula is C18H15F6N3. The van der Waals surface area contributed by atoms with Gasteiger partial charge in [-0.2, -0.15) is 18.3 Å². The number of hydrogen-bond acceptors (Lipinski definition) is 2. The van der Waals surface area contributed by atoms with Crippen LogP contribution in [0.1, 0.15) is 13.3 Å². The van der Waals surface area contributed by atoms with Gasteiger partial charge in [-0.15, -0.1) is 0 Å². The number of allylic oxidation sites excluding steroid dienone is 6. The molecule has 0 aromatic carbocycles. The molecule has 0 fully saturated rings. The zero-order valence-electron chi connectivity index (χ0n) is 14.1. The van der Waals surface area contributed by atoms with Crippen LogP contribution in [-0.4, -0.2) is 27.1 Å². The molecule has 3 rings (SSSR count). The third-order valence-corrected chi connectivity index (χ3v) is 3.78. The average Bonchev–Trinajstić information content (AvgIpc) is 3.02. The zero-order chi connectivity index (χ0) is 20.0. The van der Waals surface area contributed by atoms with E-state index in [1.54, 1.807) is 30.6 Å². The Morgan fingerprint density at radius 1 is 1.07 bits per heavy atom. The van der Waals surface area contributed by atoms with E-state index < -0.39 is 17.9 Å². The lowest BCUT2D eigenvalue weighted by molar-refractivity contribution is -0.0884. The van der Waals surface area contributed by atoms with E-state index in [0.29, 0.717) is 17.1 Å². The summed E-state index contributed by atoms with van der Waals surface area (Å²) >= 11 is 0. The third-order valence-electron chi connectivity index (χ3n) is 3.78. The molecule has 0 radical (unpaired) electrons. The van der Waals surface area contributed by atoms with Crippen molar-refractivity contribution in [2.45, 2.75) is 25.7 Å². The summed E-state index contributed by atoms with van der Waals surface area (Å²) in [6.45, 7) is 1.21. The van der Waals surface area contributed by atoms with Gasteiger partial charge in [0.2, 0.25) is 0 Å². The fourth-order valence-electron chi connectivity index (χ4n) is 2.47. The molecule has 2 heterocycles. The van der Waals surface area contributed by atoms with Crippen molar-refractivity contribution in [2.75, 3.05) is 0 Å². The van der Waals surface area contributed by atoms with Crippen LogP contribution in [0, 0.1) is 0 Å². The standard InChI is InChI=1S/C18H15F4N3.F2/c1-12(19)13-10-14(18(20,21)22)5-6-15(11-13)25-9-7-17(24-25)16-4-2-3-8-23-16;1-2/h2-5,7-12H,6H2,1H3;. The number of hydrogen-bond donors (Lipinski definition) is 0. The molecule has 144 valence electrons. The minimum atomic E-state index is -4.52. The highest BCUT2D eigenvalue weighted by molar-refractivity contribution is 5.59. The molecule has 0 saturated carbocycles. The lowest BCUT2D eigenvalue weighted by Gasteiger charge is -2.08. The van der Waals surface area contributed by atoms with Gasteiger partial charge in [-0.1, -0.05) is 12.1 Å². The van der Waals surface area contributed by atoms with Crippen molar-refractivity contribution < 1.29 is 26.7 Å². The lowest BCUT2D eigenvalue weighted by Crippen LogP contribution is -2.11. The van der Waals surface area contributed by atoms with Crippen molar-refractivity contribution in [3.05, 3.63) is 66.0 Å². The Hall–Kier alpha value is -2.84. The van der Waals surface area contributed by atoms with Crippen LogP contribution >= 0.6 is 0 Å². The monoisotopic (exact) mass is 387 g/mol. The Morgan fingerprint density at radius 3 is 2.41 bits per heavy atom. The Labute approximate surface area is 151 Å². The Kier molecular flexibility index (Phi) is 6.59. The quantitative estimate of drug-likeness (QED) is 0.623. The van der Waals surface area contributed by atoms with Crippen LogP contribution in [0.3, 0.4) is 0 Å². The van der Waals surface area contributed by atoms with E-state index in [9.17, 15) is 17.6 Å². The average molecular weight is 387 g/mol. The predicted octanol–water partition coefficient (Wildman–Crippen LogP) is 5.80. The van der Waals surface area contributed by atoms with E-state index in [2.05, 4.69) is 10.1 Å². The number of nitrogens with zero attached hydrogens (tertiary/aromatic N) is 3. The first-order valence-corrected chi connectivity index (χ1v) is 7.80. The fourth-order valence-corrected chi connectivity index (χ4v) is 2.47. The smallest absolute Gasteiger partial charge is 0.255 e. The van der Waals surface area contributed by atoms with E-state index in [0.717, 1.165) is 12.2 Å². The largest absolute Gasteiger partial charge is 0.416 e. The first-order valence-electron chi connectivity index (χ1n) is 7.80. The number of rotatable bonds is 3. The molecule has 0 saturated heterocycles. The molecule has 0 spiro atoms. The molecule has 1 atom stereocenters. The molecule has 2 aromatic rings. The van der Waals surface area contributed by atoms with Crippen LogP contribution in [0.15, 0.2) is 66.0 Å². The molecule has 9 heteroatoms. The molecule has 2 aromatic heterocycles. The summed E-state index contributed by atoms with van der Waals surface area (Å²) in [5, 5.41) is 4.35. The van der Waals surface area contributed by atoms with Crippen molar-refractivity contribution in [2.24, 2.45) is 0 Å². The maximum Gasteiger partial charge on any atom is 0.416 e. The predicted molar refractivity (Wildman–Crippen MR) is 89.4 cm³/mol. The highest BCUT2D eigenvalue weighted by Gasteiger charge is 2.33. The van der Waals surface area contributed by atoms with E-state index in [4.69, 9.17) is 9.15 Å². The van der Waals surface area contributed by atoms with Gasteiger partial charge in [0.1, 0.15) is 11.9 Å². The fraction of sp³-hybridized carbons (Fsp3) is 0.222. The highest BCUT2D eigenvalue weighted by atomic mass is 20.0. The van der Waals surface area contributed by atoms with Crippen molar-refractivity contribution in [1.29, 1.82) is 0 Å². The summed E-state index contributed by atoms with van der Waals surface area (Å²) in [7, 11) is 0. The summed E-state index contributed by atoms with van der Waals surface area (Å²) < 4.78 is 70.3. The Bertz CT molecular complexity index is 847. The number of pyridine rings is 1. The summed E-state index contributed by atoms with van der Waals surface area (Å²) in [6.07, 6.45) is 0.507. The summed E-state index contributed by atoms with van der Waals surface area (Å²) in [5.74, 6) is 0. The highest BCUT2D eigenvalue weighted by Crippen LogP contribution is 2.33. The van der Waals surface area contributed by atoms with Crippen LogP contribution in [-0.2, 0) is 0 Å². The second-order valence-corrected chi connectivity index (χ2v) is 5.62. The van der Waals surface area contributed by atoms with Gasteiger partial charge >= 0.3 is 6.18 Å². The van der Waals surface area contributed by atoms with E-state index in [-0.39, 0.29) is 12.0 Å². The molecule has 0 amide bonds. The number of alkyl halides is 4. The van der Waals surface area contributed by atoms with Crippen LogP contribution < -0.4 is 0 Å². The van der Waals surface area contributed by atoms with Gasteiger partial charge in [-0.25, -0.2) is 9.07 Å². The molecule has 1 aliphatic rings. The molecule has 27 heavy (non-hydrogen) atoms. The van der Waals surface area contributed by atoms with Crippen molar-refractivity contribution in [1.82, 2.24) is 14.8 Å². The van der Waals surface area contributed by atoms with Gasteiger partial charge in [-0.05, 0) is 42.8 Å². The second-order valence-electron chi connectivity index (χ2n) is 5.62. The second kappa shape index (κ2) is 8.70. The molecule has 0 bridgehead atoms. The maximum atomic E-state index is 13.7. The van der Waals surface area contributed by atoms with Gasteiger partial charge < -0.3 is 0 Å². The first kappa shape index (κ1) is 20.5. The molecule has 0 aliphatic heterocycles. The SMILES string of the molecule is CC(F)C1=CC(C(F)(F)F)=CCC(n2ccc(-c3ccccn3)n2)=C1.FF. The normalized spacial score (nSPS) is 15.6. The maximum absolute atomic E-state index is 13.7. The van der Waals surface area contributed by atoms with Gasteiger partial charge in [0.15, 0.2) is 0 Å². The summed E-state index contributed by atoms with van der Waals surface area (Å²) in [6, 6.07) is 7.09. The van der Waals surface area contributed by atoms with Crippen molar-refractivity contribution in [3.8, 4) is 11.4 Å². The minimum absolute atomic E-state index is 0.00903.